The van der Waals surface area contributed by atoms with Crippen molar-refractivity contribution in [3.63, 3.8) is 0 Å². The number of amides is 1. The molecule has 1 aromatic carbocycles. The Morgan fingerprint density at radius 1 is 1.31 bits per heavy atom. The van der Waals surface area contributed by atoms with E-state index in [1.807, 2.05) is 6.07 Å². The molecule has 0 saturated heterocycles. The third kappa shape index (κ3) is 5.83. The zero-order valence-electron chi connectivity index (χ0n) is 13.0. The van der Waals surface area contributed by atoms with Crippen LogP contribution in [0.2, 0.25) is 5.02 Å². The van der Waals surface area contributed by atoms with Gasteiger partial charge in [0.25, 0.3) is 0 Å². The first-order valence-corrected chi connectivity index (χ1v) is 9.40. The Morgan fingerprint density at radius 2 is 2.04 bits per heavy atom. The van der Waals surface area contributed by atoms with Crippen LogP contribution in [0.5, 0.6) is 0 Å². The molecule has 0 radical (unpaired) electrons. The Bertz CT molecular complexity index is 840. The van der Waals surface area contributed by atoms with Crippen molar-refractivity contribution in [3.05, 3.63) is 47.1 Å². The summed E-state index contributed by atoms with van der Waals surface area (Å²) in [7, 11) is 0. The van der Waals surface area contributed by atoms with Crippen molar-refractivity contribution in [2.45, 2.75) is 16.1 Å². The minimum Gasteiger partial charge on any atom is -0.324 e. The van der Waals surface area contributed by atoms with Crippen molar-refractivity contribution < 1.29 is 18.0 Å². The van der Waals surface area contributed by atoms with Crippen LogP contribution in [0.25, 0.3) is 0 Å². The van der Waals surface area contributed by atoms with E-state index < -0.39 is 11.7 Å². The minimum absolute atomic E-state index is 0.0741. The quantitative estimate of drug-likeness (QED) is 0.662. The van der Waals surface area contributed by atoms with Crippen LogP contribution in [0.1, 0.15) is 5.56 Å². The molecule has 26 heavy (non-hydrogen) atoms. The number of para-hydroxylation sites is 1. The number of nitrogens with zero attached hydrogens (tertiary/aromatic N) is 2. The predicted molar refractivity (Wildman–Crippen MR) is 96.4 cm³/mol. The number of carbonyl (C=O) groups is 1. The molecule has 2 aromatic rings. The van der Waals surface area contributed by atoms with Crippen LogP contribution in [0.4, 0.5) is 18.9 Å². The lowest BCUT2D eigenvalue weighted by Crippen LogP contribution is -2.15. The molecule has 10 heteroatoms. The number of benzene rings is 1. The Kier molecular flexibility index (Phi) is 7.20. The molecule has 1 amide bonds. The van der Waals surface area contributed by atoms with Crippen LogP contribution in [-0.4, -0.2) is 22.4 Å². The molecule has 4 nitrogen and oxygen atoms in total. The fourth-order valence-corrected chi connectivity index (χ4v) is 3.48. The predicted octanol–water partition coefficient (Wildman–Crippen LogP) is 5.10. The summed E-state index contributed by atoms with van der Waals surface area (Å²) in [5.41, 5.74) is -0.385. The standard InChI is InChI=1S/C16H11ClF3N3OS2/c17-11-7-10(16(18,19)20)8-22-15(11)26-9-14(24)23-12-3-1-2-4-13(12)25-6-5-21/h1-4,7-8H,6,9H2,(H,23,24). The Labute approximate surface area is 161 Å². The van der Waals surface area contributed by atoms with Crippen LogP contribution in [0.3, 0.4) is 0 Å². The summed E-state index contributed by atoms with van der Waals surface area (Å²) < 4.78 is 37.8. The van der Waals surface area contributed by atoms with Crippen LogP contribution in [0, 0.1) is 11.3 Å². The summed E-state index contributed by atoms with van der Waals surface area (Å²) >= 11 is 8.04. The van der Waals surface area contributed by atoms with E-state index in [1.165, 1.54) is 11.8 Å². The maximum Gasteiger partial charge on any atom is 0.417 e. The van der Waals surface area contributed by atoms with Crippen molar-refractivity contribution in [3.8, 4) is 6.07 Å². The molecule has 0 aliphatic heterocycles. The maximum atomic E-state index is 12.6. The number of thioether (sulfide) groups is 2. The number of nitrogens with one attached hydrogen (secondary N) is 1. The molecule has 0 fully saturated rings. The van der Waals surface area contributed by atoms with E-state index in [1.54, 1.807) is 24.3 Å². The molecule has 0 unspecified atom stereocenters. The highest BCUT2D eigenvalue weighted by Crippen LogP contribution is 2.34. The highest BCUT2D eigenvalue weighted by atomic mass is 35.5. The lowest BCUT2D eigenvalue weighted by Gasteiger charge is -2.10. The van der Waals surface area contributed by atoms with E-state index in [0.717, 1.165) is 22.7 Å². The summed E-state index contributed by atoms with van der Waals surface area (Å²) in [5.74, 6) is -0.194. The number of hydrogen-bond donors (Lipinski definition) is 1. The number of pyridine rings is 1. The van der Waals surface area contributed by atoms with Gasteiger partial charge in [0.15, 0.2) is 0 Å². The van der Waals surface area contributed by atoms with Gasteiger partial charge >= 0.3 is 6.18 Å². The molecule has 0 spiro atoms. The van der Waals surface area contributed by atoms with E-state index in [0.29, 0.717) is 11.9 Å². The summed E-state index contributed by atoms with van der Waals surface area (Å²) in [6.07, 6.45) is -3.85. The average Bonchev–Trinajstić information content (AvgIpc) is 2.59. The Hall–Kier alpha value is -1.89. The van der Waals surface area contributed by atoms with Gasteiger partial charge in [-0.15, -0.1) is 11.8 Å². The second-order valence-corrected chi connectivity index (χ2v) is 7.18. The van der Waals surface area contributed by atoms with Gasteiger partial charge in [-0.2, -0.15) is 18.4 Å². The highest BCUT2D eigenvalue weighted by Gasteiger charge is 2.31. The van der Waals surface area contributed by atoms with Crippen molar-refractivity contribution in [2.75, 3.05) is 16.8 Å². The van der Waals surface area contributed by atoms with Gasteiger partial charge in [0, 0.05) is 11.1 Å². The molecule has 1 N–H and O–H groups in total. The molecular weight excluding hydrogens is 407 g/mol. The highest BCUT2D eigenvalue weighted by molar-refractivity contribution is 8.00. The Balaban J connectivity index is 1.99. The summed E-state index contributed by atoms with van der Waals surface area (Å²) in [6.45, 7) is 0. The minimum atomic E-state index is -4.53. The summed E-state index contributed by atoms with van der Waals surface area (Å²) in [5, 5.41) is 11.3. The Morgan fingerprint density at radius 3 is 2.69 bits per heavy atom. The first-order chi connectivity index (χ1) is 12.3. The van der Waals surface area contributed by atoms with Gasteiger partial charge < -0.3 is 5.32 Å². The molecule has 0 bridgehead atoms. The molecule has 0 saturated carbocycles. The monoisotopic (exact) mass is 417 g/mol. The number of halogens is 4. The molecule has 0 aliphatic rings. The summed E-state index contributed by atoms with van der Waals surface area (Å²) in [6, 6.07) is 9.80. The van der Waals surface area contributed by atoms with Gasteiger partial charge in [-0.1, -0.05) is 35.5 Å². The van der Waals surface area contributed by atoms with Crippen molar-refractivity contribution >= 4 is 46.7 Å². The smallest absolute Gasteiger partial charge is 0.324 e. The van der Waals surface area contributed by atoms with E-state index in [9.17, 15) is 18.0 Å². The molecule has 0 atom stereocenters. The second kappa shape index (κ2) is 9.16. The average molecular weight is 418 g/mol. The molecule has 1 aromatic heterocycles. The van der Waals surface area contributed by atoms with Gasteiger partial charge in [0.2, 0.25) is 5.91 Å². The van der Waals surface area contributed by atoms with Crippen LogP contribution < -0.4 is 5.32 Å². The second-order valence-electron chi connectivity index (χ2n) is 4.79. The largest absolute Gasteiger partial charge is 0.417 e. The number of hydrogen-bond acceptors (Lipinski definition) is 5. The summed E-state index contributed by atoms with van der Waals surface area (Å²) in [4.78, 5) is 16.5. The first-order valence-electron chi connectivity index (χ1n) is 7.05. The SMILES string of the molecule is N#CCSc1ccccc1NC(=O)CSc1ncc(C(F)(F)F)cc1Cl. The van der Waals surface area contributed by atoms with Crippen LogP contribution in [0.15, 0.2) is 46.5 Å². The van der Waals surface area contributed by atoms with E-state index in [2.05, 4.69) is 10.3 Å². The lowest BCUT2D eigenvalue weighted by atomic mass is 10.3. The maximum absolute atomic E-state index is 12.6. The van der Waals surface area contributed by atoms with E-state index >= 15 is 0 Å². The molecular formula is C16H11ClF3N3OS2. The van der Waals surface area contributed by atoms with Crippen LogP contribution >= 0.6 is 35.1 Å². The topological polar surface area (TPSA) is 65.8 Å². The van der Waals surface area contributed by atoms with Gasteiger partial charge in [0.05, 0.1) is 33.8 Å². The first kappa shape index (κ1) is 20.4. The van der Waals surface area contributed by atoms with Gasteiger partial charge in [-0.05, 0) is 18.2 Å². The van der Waals surface area contributed by atoms with Crippen molar-refractivity contribution in [2.24, 2.45) is 0 Å². The fraction of sp³-hybridized carbons (Fsp3) is 0.188. The zero-order valence-corrected chi connectivity index (χ0v) is 15.4. The zero-order chi connectivity index (χ0) is 19.2. The fourth-order valence-electron chi connectivity index (χ4n) is 1.81. The van der Waals surface area contributed by atoms with Gasteiger partial charge in [-0.25, -0.2) is 4.98 Å². The van der Waals surface area contributed by atoms with Crippen molar-refractivity contribution in [1.82, 2.24) is 4.98 Å². The lowest BCUT2D eigenvalue weighted by molar-refractivity contribution is -0.137. The third-order valence-corrected chi connectivity index (χ3v) is 5.27. The van der Waals surface area contributed by atoms with Gasteiger partial charge in [0.1, 0.15) is 5.03 Å². The molecule has 0 aliphatic carbocycles. The van der Waals surface area contributed by atoms with Gasteiger partial charge in [-0.3, -0.25) is 4.79 Å². The number of alkyl halides is 3. The molecule has 136 valence electrons. The third-order valence-electron chi connectivity index (χ3n) is 2.93. The normalized spacial score (nSPS) is 11.0. The number of anilines is 1. The number of aromatic nitrogens is 1. The van der Waals surface area contributed by atoms with Crippen molar-refractivity contribution in [1.29, 1.82) is 5.26 Å². The molecule has 1 heterocycles. The van der Waals surface area contributed by atoms with E-state index in [4.69, 9.17) is 16.9 Å². The van der Waals surface area contributed by atoms with E-state index in [-0.39, 0.29) is 27.5 Å². The number of rotatable bonds is 6. The number of carbonyl (C=O) groups excluding carboxylic acids is 1. The van der Waals surface area contributed by atoms with Crippen LogP contribution in [-0.2, 0) is 11.0 Å². The molecule has 2 rings (SSSR count). The number of nitriles is 1.